The van der Waals surface area contributed by atoms with Crippen molar-refractivity contribution < 1.29 is 14.7 Å². The molecule has 1 amide bonds. The number of nitrogens with zero attached hydrogens (tertiary/aromatic N) is 1. The molecule has 0 saturated carbocycles. The lowest BCUT2D eigenvalue weighted by Gasteiger charge is -2.10. The molecule has 0 aliphatic carbocycles. The van der Waals surface area contributed by atoms with E-state index < -0.39 is 24.0 Å². The van der Waals surface area contributed by atoms with Crippen LogP contribution in [-0.2, 0) is 9.59 Å². The maximum Gasteiger partial charge on any atom is 0.325 e. The maximum absolute atomic E-state index is 11.0. The number of hydrogen-bond acceptors (Lipinski definition) is 3. The first kappa shape index (κ1) is 10.6. The van der Waals surface area contributed by atoms with E-state index in [1.54, 1.807) is 0 Å². The molecule has 0 fully saturated rings. The number of rotatable bonds is 4. The minimum absolute atomic E-state index is 0.431. The number of hydrogen-bond donors (Lipinski definition) is 2. The molecule has 0 aromatic rings. The molecule has 0 unspecified atom stereocenters. The molecule has 0 aromatic heterocycles. The lowest BCUT2D eigenvalue weighted by Crippen LogP contribution is -2.42. The van der Waals surface area contributed by atoms with Crippen molar-refractivity contribution in [1.29, 1.82) is 0 Å². The second kappa shape index (κ2) is 4.48. The highest BCUT2D eigenvalue weighted by molar-refractivity contribution is 5.86. The fourth-order valence-corrected chi connectivity index (χ4v) is 0.479. The van der Waals surface area contributed by atoms with Crippen LogP contribution in [0.5, 0.6) is 0 Å². The van der Waals surface area contributed by atoms with Crippen LogP contribution in [0.25, 0.3) is 0 Å². The second-order valence-electron chi connectivity index (χ2n) is 2.43. The third-order valence-electron chi connectivity index (χ3n) is 1.38. The first-order valence-corrected chi connectivity index (χ1v) is 3.48. The minimum atomic E-state index is -1.07. The predicted molar refractivity (Wildman–Crippen MR) is 44.3 cm³/mol. The predicted octanol–water partition coefficient (Wildman–Crippen LogP) is -0.335. The van der Waals surface area contributed by atoms with Gasteiger partial charge in [-0.25, -0.2) is 0 Å². The van der Waals surface area contributed by atoms with Crippen molar-refractivity contribution in [2.75, 3.05) is 0 Å². The first-order chi connectivity index (χ1) is 5.49. The van der Waals surface area contributed by atoms with E-state index in [1.165, 1.54) is 13.8 Å². The molecular formula is C7H12N2O3. The molecular weight excluding hydrogens is 160 g/mol. The van der Waals surface area contributed by atoms with Crippen molar-refractivity contribution in [2.24, 2.45) is 4.99 Å². The van der Waals surface area contributed by atoms with Crippen LogP contribution in [0.4, 0.5) is 0 Å². The Hall–Kier alpha value is -1.39. The van der Waals surface area contributed by atoms with Gasteiger partial charge in [0.2, 0.25) is 5.91 Å². The highest BCUT2D eigenvalue weighted by Gasteiger charge is 2.17. The summed E-state index contributed by atoms with van der Waals surface area (Å²) in [5.74, 6) is -1.50. The molecule has 68 valence electrons. The Balaban J connectivity index is 4.00. The lowest BCUT2D eigenvalue weighted by molar-refractivity contribution is -0.141. The summed E-state index contributed by atoms with van der Waals surface area (Å²) in [4.78, 5) is 24.7. The molecule has 0 rings (SSSR count). The molecule has 12 heavy (non-hydrogen) atoms. The van der Waals surface area contributed by atoms with Gasteiger partial charge < -0.3 is 10.4 Å². The Labute approximate surface area is 70.5 Å². The van der Waals surface area contributed by atoms with Gasteiger partial charge in [0.1, 0.15) is 12.1 Å². The van der Waals surface area contributed by atoms with Gasteiger partial charge in [0.25, 0.3) is 0 Å². The van der Waals surface area contributed by atoms with Crippen LogP contribution in [0.3, 0.4) is 0 Å². The van der Waals surface area contributed by atoms with Gasteiger partial charge in [-0.1, -0.05) is 0 Å². The van der Waals surface area contributed by atoms with Crippen LogP contribution in [0.15, 0.2) is 4.99 Å². The van der Waals surface area contributed by atoms with Gasteiger partial charge in [-0.05, 0) is 20.6 Å². The second-order valence-corrected chi connectivity index (χ2v) is 2.43. The van der Waals surface area contributed by atoms with Crippen molar-refractivity contribution in [2.45, 2.75) is 25.9 Å². The lowest BCUT2D eigenvalue weighted by atomic mass is 10.3. The van der Waals surface area contributed by atoms with E-state index in [9.17, 15) is 9.59 Å². The Morgan fingerprint density at radius 2 is 2.00 bits per heavy atom. The molecule has 0 radical (unpaired) electrons. The monoisotopic (exact) mass is 172 g/mol. The number of carboxylic acid groups (broad SMARTS) is 1. The van der Waals surface area contributed by atoms with Crippen LogP contribution >= 0.6 is 0 Å². The zero-order valence-electron chi connectivity index (χ0n) is 7.07. The van der Waals surface area contributed by atoms with E-state index in [1.807, 2.05) is 0 Å². The molecule has 2 atom stereocenters. The molecule has 5 heteroatoms. The number of amides is 1. The normalized spacial score (nSPS) is 14.5. The third kappa shape index (κ3) is 3.14. The molecule has 0 spiro atoms. The summed E-state index contributed by atoms with van der Waals surface area (Å²) in [7, 11) is 0. The number of aliphatic imine (C=N–C) groups is 1. The van der Waals surface area contributed by atoms with Crippen molar-refractivity contribution in [3.05, 3.63) is 0 Å². The van der Waals surface area contributed by atoms with Crippen molar-refractivity contribution in [3.63, 3.8) is 0 Å². The van der Waals surface area contributed by atoms with E-state index >= 15 is 0 Å². The minimum Gasteiger partial charge on any atom is -0.480 e. The number of carbonyl (C=O) groups excluding carboxylic acids is 1. The van der Waals surface area contributed by atoms with E-state index in [0.29, 0.717) is 0 Å². The Morgan fingerprint density at radius 3 is 2.33 bits per heavy atom. The highest BCUT2D eigenvalue weighted by Crippen LogP contribution is 1.89. The van der Waals surface area contributed by atoms with E-state index in [-0.39, 0.29) is 0 Å². The number of aliphatic carboxylic acids is 1. The van der Waals surface area contributed by atoms with Crippen LogP contribution < -0.4 is 5.32 Å². The number of carbonyl (C=O) groups is 2. The maximum atomic E-state index is 11.0. The first-order valence-electron chi connectivity index (χ1n) is 3.48. The average Bonchev–Trinajstić information content (AvgIpc) is 2.02. The molecule has 0 aliphatic heterocycles. The van der Waals surface area contributed by atoms with E-state index in [2.05, 4.69) is 17.0 Å². The van der Waals surface area contributed by atoms with Crippen LogP contribution in [0.2, 0.25) is 0 Å². The van der Waals surface area contributed by atoms with E-state index in [4.69, 9.17) is 5.11 Å². The van der Waals surface area contributed by atoms with Crippen LogP contribution in [0, 0.1) is 0 Å². The molecule has 0 heterocycles. The molecule has 0 aliphatic rings. The summed E-state index contributed by atoms with van der Waals surface area (Å²) in [5.41, 5.74) is 0. The molecule has 5 nitrogen and oxygen atoms in total. The topological polar surface area (TPSA) is 78.8 Å². The summed E-state index contributed by atoms with van der Waals surface area (Å²) in [5, 5.41) is 10.7. The summed E-state index contributed by atoms with van der Waals surface area (Å²) in [6.07, 6.45) is 0. The van der Waals surface area contributed by atoms with Crippen molar-refractivity contribution >= 4 is 18.6 Å². The Morgan fingerprint density at radius 1 is 1.50 bits per heavy atom. The fourth-order valence-electron chi connectivity index (χ4n) is 0.479. The fraction of sp³-hybridized carbons (Fsp3) is 0.571. The van der Waals surface area contributed by atoms with Crippen LogP contribution in [0.1, 0.15) is 13.8 Å². The third-order valence-corrected chi connectivity index (χ3v) is 1.38. The largest absolute Gasteiger partial charge is 0.480 e. The summed E-state index contributed by atoms with van der Waals surface area (Å²) >= 11 is 0. The number of carboxylic acids is 1. The average molecular weight is 172 g/mol. The van der Waals surface area contributed by atoms with Gasteiger partial charge >= 0.3 is 5.97 Å². The zero-order valence-corrected chi connectivity index (χ0v) is 7.07. The molecule has 2 N–H and O–H groups in total. The van der Waals surface area contributed by atoms with Gasteiger partial charge in [-0.3, -0.25) is 14.6 Å². The Kier molecular flexibility index (Phi) is 3.96. The summed E-state index contributed by atoms with van der Waals surface area (Å²) in [6.45, 7) is 6.10. The van der Waals surface area contributed by atoms with Crippen molar-refractivity contribution in [3.8, 4) is 0 Å². The van der Waals surface area contributed by atoms with Gasteiger partial charge in [-0.15, -0.1) is 0 Å². The highest BCUT2D eigenvalue weighted by atomic mass is 16.4. The summed E-state index contributed by atoms with van der Waals surface area (Å²) < 4.78 is 0. The SMILES string of the molecule is C=N[C@@H](C)C(=O)N[C@H](C)C(=O)O. The van der Waals surface area contributed by atoms with E-state index in [0.717, 1.165) is 0 Å². The number of nitrogens with one attached hydrogen (secondary N) is 1. The molecule has 0 aromatic carbocycles. The smallest absolute Gasteiger partial charge is 0.325 e. The van der Waals surface area contributed by atoms with Gasteiger partial charge in [0.05, 0.1) is 0 Å². The van der Waals surface area contributed by atoms with Crippen molar-refractivity contribution in [1.82, 2.24) is 5.32 Å². The zero-order chi connectivity index (χ0) is 9.72. The molecule has 0 saturated heterocycles. The Bertz CT molecular complexity index is 203. The quantitative estimate of drug-likeness (QED) is 0.569. The molecule has 0 bridgehead atoms. The van der Waals surface area contributed by atoms with Crippen LogP contribution in [-0.4, -0.2) is 35.8 Å². The van der Waals surface area contributed by atoms with Gasteiger partial charge in [-0.2, -0.15) is 0 Å². The standard InChI is InChI=1S/C7H12N2O3/c1-4(8-3)6(10)9-5(2)7(11)12/h4-5H,3H2,1-2H3,(H,9,10)(H,11,12)/t4-,5+/m0/s1. The van der Waals surface area contributed by atoms with Gasteiger partial charge in [0, 0.05) is 0 Å². The van der Waals surface area contributed by atoms with Gasteiger partial charge in [0.15, 0.2) is 0 Å². The summed E-state index contributed by atoms with van der Waals surface area (Å²) in [6, 6.07) is -1.49.